The Bertz CT molecular complexity index is 1630. The molecule has 0 bridgehead atoms. The Morgan fingerprint density at radius 1 is 1.00 bits per heavy atom. The Kier molecular flexibility index (Phi) is 11.3. The van der Waals surface area contributed by atoms with E-state index in [1.807, 2.05) is 0 Å². The van der Waals surface area contributed by atoms with Crippen LogP contribution in [0.5, 0.6) is 23.0 Å². The third-order valence-corrected chi connectivity index (χ3v) is 7.51. The first kappa shape index (κ1) is 34.0. The number of hydrogen-bond acceptors (Lipinski definition) is 10. The minimum absolute atomic E-state index is 0.0254. The molecule has 1 N–H and O–H groups in total. The lowest BCUT2D eigenvalue weighted by Crippen LogP contribution is -2.21. The van der Waals surface area contributed by atoms with E-state index >= 15 is 0 Å². The lowest BCUT2D eigenvalue weighted by molar-refractivity contribution is -0.377. The van der Waals surface area contributed by atoms with E-state index in [4.69, 9.17) is 46.3 Å². The fourth-order valence-electron chi connectivity index (χ4n) is 4.04. The van der Waals surface area contributed by atoms with Crippen LogP contribution in [0, 0.1) is 5.92 Å². The highest BCUT2D eigenvalue weighted by atomic mass is 35.5. The van der Waals surface area contributed by atoms with Crippen molar-refractivity contribution in [3.05, 3.63) is 75.5 Å². The Morgan fingerprint density at radius 3 is 2.31 bits per heavy atom. The Labute approximate surface area is 267 Å². The third-order valence-electron chi connectivity index (χ3n) is 6.35. The molecule has 11 nitrogen and oxygen atoms in total. The van der Waals surface area contributed by atoms with E-state index in [1.54, 1.807) is 0 Å². The maximum atomic E-state index is 13.1. The molecule has 3 aromatic rings. The van der Waals surface area contributed by atoms with Crippen molar-refractivity contribution in [1.29, 1.82) is 0 Å². The lowest BCUT2D eigenvalue weighted by atomic mass is 10.0. The van der Waals surface area contributed by atoms with E-state index in [-0.39, 0.29) is 51.6 Å². The van der Waals surface area contributed by atoms with Crippen molar-refractivity contribution in [3.8, 4) is 23.0 Å². The van der Waals surface area contributed by atoms with Gasteiger partial charge in [0.15, 0.2) is 42.0 Å². The van der Waals surface area contributed by atoms with Gasteiger partial charge in [0.05, 0.1) is 25.5 Å². The first-order valence-corrected chi connectivity index (χ1v) is 15.9. The monoisotopic (exact) mass is 690 g/mol. The molecular weight excluding hydrogens is 663 g/mol. The quantitative estimate of drug-likeness (QED) is 0.154. The molecule has 4 rings (SSSR count). The second kappa shape index (κ2) is 14.9. The predicted octanol–water partition coefficient (Wildman–Crippen LogP) is 5.23. The number of methoxy groups -OCH3 is 1. The second-order valence-corrected chi connectivity index (χ2v) is 12.3. The van der Waals surface area contributed by atoms with Gasteiger partial charge in [0, 0.05) is 18.1 Å². The SMILES string of the molecule is COc1ccc(C(=O)OCC(=O)O[C@@H](Cc2c(Cl)c[nH+]cc2Cl)c2ccc(OC(F)F)c(OCC3CC3)c2)cc1OS(C)(=O)=O. The summed E-state index contributed by atoms with van der Waals surface area (Å²) in [5, 5.41) is 0.480. The number of hydrogen-bond donors (Lipinski definition) is 0. The van der Waals surface area contributed by atoms with E-state index < -0.39 is 41.4 Å². The summed E-state index contributed by atoms with van der Waals surface area (Å²) < 4.78 is 80.3. The second-order valence-electron chi connectivity index (χ2n) is 9.88. The standard InChI is InChI=1S/C29H27Cl2F2NO10S/c1-39-22-7-6-18(10-26(22)44-45(2,37)38)28(36)41-15-27(35)42-24(11-19-20(30)12-34-13-21(19)31)17-5-8-23(43-29(32)33)25(9-17)40-14-16-3-4-16/h5-10,12-13,16,24,29H,3-4,11,14-15H2,1-2H3/p+1/t24-/m0/s1. The highest BCUT2D eigenvalue weighted by Gasteiger charge is 2.27. The van der Waals surface area contributed by atoms with Gasteiger partial charge in [-0.25, -0.2) is 14.6 Å². The summed E-state index contributed by atoms with van der Waals surface area (Å²) in [7, 11) is -2.67. The highest BCUT2D eigenvalue weighted by Crippen LogP contribution is 2.38. The van der Waals surface area contributed by atoms with Crippen LogP contribution in [-0.2, 0) is 30.8 Å². The van der Waals surface area contributed by atoms with Crippen molar-refractivity contribution in [2.24, 2.45) is 5.92 Å². The molecule has 0 amide bonds. The zero-order valence-electron chi connectivity index (χ0n) is 23.9. The summed E-state index contributed by atoms with van der Waals surface area (Å²) in [4.78, 5) is 28.4. The summed E-state index contributed by atoms with van der Waals surface area (Å²) in [6.45, 7) is -3.65. The molecule has 1 aliphatic carbocycles. The largest absolute Gasteiger partial charge is 0.493 e. The van der Waals surface area contributed by atoms with Gasteiger partial charge in [0.25, 0.3) is 0 Å². The van der Waals surface area contributed by atoms with Crippen LogP contribution in [0.4, 0.5) is 8.78 Å². The van der Waals surface area contributed by atoms with E-state index in [2.05, 4.69) is 9.72 Å². The molecule has 0 saturated heterocycles. The summed E-state index contributed by atoms with van der Waals surface area (Å²) in [6.07, 6.45) is 4.54. The number of pyridine rings is 1. The maximum absolute atomic E-state index is 13.1. The van der Waals surface area contributed by atoms with Gasteiger partial charge in [-0.3, -0.25) is 0 Å². The van der Waals surface area contributed by atoms with Crippen LogP contribution < -0.4 is 23.4 Å². The predicted molar refractivity (Wildman–Crippen MR) is 156 cm³/mol. The summed E-state index contributed by atoms with van der Waals surface area (Å²) >= 11 is 12.7. The van der Waals surface area contributed by atoms with E-state index in [0.29, 0.717) is 17.0 Å². The fourth-order valence-corrected chi connectivity index (χ4v) is 5.03. The van der Waals surface area contributed by atoms with Gasteiger partial charge in [-0.2, -0.15) is 17.2 Å². The number of carbonyl (C=O) groups excluding carboxylic acids is 2. The average Bonchev–Trinajstić information content (AvgIpc) is 3.80. The molecule has 0 unspecified atom stereocenters. The molecule has 45 heavy (non-hydrogen) atoms. The number of benzene rings is 2. The number of H-pyrrole nitrogens is 1. The molecule has 0 aliphatic heterocycles. The van der Waals surface area contributed by atoms with Crippen molar-refractivity contribution in [3.63, 3.8) is 0 Å². The zero-order chi connectivity index (χ0) is 32.7. The summed E-state index contributed by atoms with van der Waals surface area (Å²) in [5.41, 5.74) is 0.613. The molecule has 1 atom stereocenters. The Hall–Kier alpha value is -3.88. The number of aromatic nitrogens is 1. The normalized spacial score (nSPS) is 13.6. The van der Waals surface area contributed by atoms with Crippen molar-refractivity contribution < 1.29 is 59.6 Å². The van der Waals surface area contributed by atoms with Crippen LogP contribution in [0.3, 0.4) is 0 Å². The number of alkyl halides is 2. The fraction of sp³-hybridized carbons (Fsp3) is 0.345. The zero-order valence-corrected chi connectivity index (χ0v) is 26.2. The molecule has 1 heterocycles. The van der Waals surface area contributed by atoms with E-state index in [1.165, 1.54) is 49.8 Å². The molecule has 0 spiro atoms. The molecule has 0 radical (unpaired) electrons. The van der Waals surface area contributed by atoms with Crippen molar-refractivity contribution in [1.82, 2.24) is 0 Å². The van der Waals surface area contributed by atoms with Gasteiger partial charge in [-0.15, -0.1) is 0 Å². The molecule has 1 aromatic heterocycles. The lowest BCUT2D eigenvalue weighted by Gasteiger charge is -2.21. The number of halogens is 4. The topological polar surface area (TPSA) is 138 Å². The minimum Gasteiger partial charge on any atom is -0.493 e. The van der Waals surface area contributed by atoms with Crippen LogP contribution in [0.25, 0.3) is 0 Å². The van der Waals surface area contributed by atoms with Gasteiger partial charge in [0.2, 0.25) is 0 Å². The van der Waals surface area contributed by atoms with Gasteiger partial charge >= 0.3 is 28.7 Å². The molecule has 1 saturated carbocycles. The first-order chi connectivity index (χ1) is 21.3. The number of carbonyl (C=O) groups is 2. The first-order valence-electron chi connectivity index (χ1n) is 13.3. The number of rotatable bonds is 15. The van der Waals surface area contributed by atoms with Gasteiger partial charge in [-0.1, -0.05) is 29.3 Å². The van der Waals surface area contributed by atoms with Gasteiger partial charge in [-0.05, 0) is 48.6 Å². The number of esters is 2. The van der Waals surface area contributed by atoms with Crippen molar-refractivity contribution >= 4 is 45.3 Å². The molecule has 1 fully saturated rings. The smallest absolute Gasteiger partial charge is 0.387 e. The maximum Gasteiger partial charge on any atom is 0.387 e. The van der Waals surface area contributed by atoms with Crippen LogP contribution in [0.1, 0.15) is 40.4 Å². The van der Waals surface area contributed by atoms with Crippen LogP contribution in [-0.4, -0.2) is 53.5 Å². The molecule has 1 aliphatic rings. The van der Waals surface area contributed by atoms with Gasteiger partial charge < -0.3 is 27.9 Å². The number of ether oxygens (including phenoxy) is 5. The molecular formula is C29H28Cl2F2NO10S+. The van der Waals surface area contributed by atoms with E-state index in [9.17, 15) is 26.8 Å². The Balaban J connectivity index is 1.54. The van der Waals surface area contributed by atoms with Crippen LogP contribution >= 0.6 is 23.2 Å². The molecule has 242 valence electrons. The van der Waals surface area contributed by atoms with Crippen LogP contribution in [0.2, 0.25) is 10.0 Å². The van der Waals surface area contributed by atoms with E-state index in [0.717, 1.165) is 25.2 Å². The third kappa shape index (κ3) is 10.1. The number of aromatic amines is 1. The summed E-state index contributed by atoms with van der Waals surface area (Å²) in [6, 6.07) is 7.77. The molecule has 16 heteroatoms. The summed E-state index contributed by atoms with van der Waals surface area (Å²) in [5.74, 6) is -2.05. The average molecular weight is 692 g/mol. The highest BCUT2D eigenvalue weighted by molar-refractivity contribution is 7.86. The van der Waals surface area contributed by atoms with Crippen molar-refractivity contribution in [2.45, 2.75) is 32.0 Å². The van der Waals surface area contributed by atoms with Gasteiger partial charge in [0.1, 0.15) is 16.1 Å². The van der Waals surface area contributed by atoms with Crippen molar-refractivity contribution in [2.75, 3.05) is 26.6 Å². The molecule has 2 aromatic carbocycles. The van der Waals surface area contributed by atoms with Crippen LogP contribution in [0.15, 0.2) is 48.8 Å². The number of nitrogens with one attached hydrogen (secondary N) is 1. The minimum atomic E-state index is -3.95. The Morgan fingerprint density at radius 2 is 1.69 bits per heavy atom.